The molecule has 0 saturated carbocycles. The summed E-state index contributed by atoms with van der Waals surface area (Å²) in [4.78, 5) is 13.2. The van der Waals surface area contributed by atoms with Crippen molar-refractivity contribution < 1.29 is 14.2 Å². The predicted molar refractivity (Wildman–Crippen MR) is 132 cm³/mol. The van der Waals surface area contributed by atoms with Gasteiger partial charge in [-0.15, -0.1) is 11.8 Å². The number of nitrogens with two attached hydrogens (primary N) is 1. The van der Waals surface area contributed by atoms with Crippen LogP contribution in [-0.2, 0) is 6.42 Å². The number of rotatable bonds is 5. The van der Waals surface area contributed by atoms with Gasteiger partial charge >= 0.3 is 0 Å². The molecule has 0 heterocycles. The maximum Gasteiger partial charge on any atom is 0.203 e. The van der Waals surface area contributed by atoms with Gasteiger partial charge in [-0.1, -0.05) is 33.8 Å². The van der Waals surface area contributed by atoms with Crippen molar-refractivity contribution in [2.75, 3.05) is 27.1 Å². The number of methoxy groups -OCH3 is 2. The van der Waals surface area contributed by atoms with Crippen LogP contribution in [0.25, 0.3) is 11.1 Å². The van der Waals surface area contributed by atoms with Gasteiger partial charge in [0.05, 0.1) is 25.7 Å². The number of ether oxygens (including phenoxy) is 3. The molecule has 0 fully saturated rings. The minimum absolute atomic E-state index is 0.0143. The molecule has 5 nitrogen and oxygen atoms in total. The van der Waals surface area contributed by atoms with Gasteiger partial charge in [0.25, 0.3) is 0 Å². The van der Waals surface area contributed by atoms with Crippen LogP contribution in [0, 0.1) is 0 Å². The molecule has 0 bridgehead atoms. The number of hydrogen-bond acceptors (Lipinski definition) is 6. The van der Waals surface area contributed by atoms with Crippen LogP contribution in [0.5, 0.6) is 17.2 Å². The molecular weight excluding hydrogens is 410 g/mol. The van der Waals surface area contributed by atoms with Crippen LogP contribution in [0.3, 0.4) is 0 Å². The summed E-state index contributed by atoms with van der Waals surface area (Å²) in [5.41, 5.74) is 10.2. The highest BCUT2D eigenvalue weighted by Crippen LogP contribution is 2.50. The van der Waals surface area contributed by atoms with E-state index in [9.17, 15) is 4.79 Å². The Balaban J connectivity index is 0.00000113. The van der Waals surface area contributed by atoms with Crippen LogP contribution in [-0.4, -0.2) is 27.1 Å². The lowest BCUT2D eigenvalue weighted by atomic mass is 9.95. The van der Waals surface area contributed by atoms with Gasteiger partial charge in [-0.25, -0.2) is 0 Å². The van der Waals surface area contributed by atoms with Crippen LogP contribution in [0.1, 0.15) is 58.2 Å². The quantitative estimate of drug-likeness (QED) is 0.580. The third-order valence-corrected chi connectivity index (χ3v) is 5.62. The van der Waals surface area contributed by atoms with Crippen molar-refractivity contribution in [3.05, 3.63) is 45.6 Å². The molecule has 0 radical (unpaired) electrons. The van der Waals surface area contributed by atoms with Crippen LogP contribution in [0.2, 0.25) is 0 Å². The van der Waals surface area contributed by atoms with Gasteiger partial charge < -0.3 is 19.9 Å². The smallest absolute Gasteiger partial charge is 0.203 e. The summed E-state index contributed by atoms with van der Waals surface area (Å²) in [6.07, 6.45) is 3.39. The van der Waals surface area contributed by atoms with E-state index in [2.05, 4.69) is 0 Å². The van der Waals surface area contributed by atoms with E-state index in [-0.39, 0.29) is 11.5 Å². The fraction of sp³-hybridized carbons (Fsp3) is 0.480. The van der Waals surface area contributed by atoms with E-state index in [1.165, 1.54) is 11.8 Å². The summed E-state index contributed by atoms with van der Waals surface area (Å²) in [7, 11) is 3.22. The van der Waals surface area contributed by atoms with Crippen molar-refractivity contribution in [2.24, 2.45) is 5.73 Å². The molecule has 0 amide bonds. The van der Waals surface area contributed by atoms with Gasteiger partial charge in [0.2, 0.25) is 5.75 Å². The van der Waals surface area contributed by atoms with Crippen molar-refractivity contribution in [3.63, 3.8) is 0 Å². The fourth-order valence-corrected chi connectivity index (χ4v) is 4.07. The third kappa shape index (κ3) is 5.74. The summed E-state index contributed by atoms with van der Waals surface area (Å²) in [6.45, 7) is 10.5. The second-order valence-electron chi connectivity index (χ2n) is 6.33. The van der Waals surface area contributed by atoms with Crippen LogP contribution < -0.4 is 25.4 Å². The molecule has 1 aliphatic carbocycles. The molecule has 2 aromatic carbocycles. The summed E-state index contributed by atoms with van der Waals surface area (Å²) in [6, 6.07) is 7.27. The zero-order valence-corrected chi connectivity index (χ0v) is 20.9. The first-order valence-electron chi connectivity index (χ1n) is 10.9. The first-order valence-corrected chi connectivity index (χ1v) is 12.2. The number of fused-ring (bicyclic) bond motifs is 3. The highest BCUT2D eigenvalue weighted by Gasteiger charge is 2.27. The van der Waals surface area contributed by atoms with E-state index in [1.54, 1.807) is 20.3 Å². The number of hydrogen-bond donors (Lipinski definition) is 1. The molecule has 0 saturated heterocycles. The van der Waals surface area contributed by atoms with Crippen molar-refractivity contribution in [2.45, 2.75) is 58.4 Å². The van der Waals surface area contributed by atoms with Crippen LogP contribution in [0.15, 0.2) is 34.0 Å². The zero-order chi connectivity index (χ0) is 23.6. The highest BCUT2D eigenvalue weighted by atomic mass is 32.2. The highest BCUT2D eigenvalue weighted by molar-refractivity contribution is 7.98. The molecule has 0 aromatic heterocycles. The van der Waals surface area contributed by atoms with Gasteiger partial charge in [-0.05, 0) is 60.9 Å². The van der Waals surface area contributed by atoms with Gasteiger partial charge in [0.15, 0.2) is 16.9 Å². The van der Waals surface area contributed by atoms with Gasteiger partial charge in [-0.3, -0.25) is 4.79 Å². The molecule has 3 rings (SSSR count). The van der Waals surface area contributed by atoms with E-state index in [4.69, 9.17) is 19.9 Å². The first kappa shape index (κ1) is 26.9. The molecule has 1 aliphatic rings. The minimum atomic E-state index is -0.228. The summed E-state index contributed by atoms with van der Waals surface area (Å²) < 4.78 is 17.1. The van der Waals surface area contributed by atoms with E-state index < -0.39 is 0 Å². The third-order valence-electron chi connectivity index (χ3n) is 4.85. The average molecular weight is 448 g/mol. The molecular formula is C25H37NO4S. The lowest BCUT2D eigenvalue weighted by Crippen LogP contribution is -2.12. The number of thioether (sulfide) groups is 1. The van der Waals surface area contributed by atoms with Crippen molar-refractivity contribution in [1.29, 1.82) is 0 Å². The Morgan fingerprint density at radius 3 is 2.26 bits per heavy atom. The Morgan fingerprint density at radius 2 is 1.71 bits per heavy atom. The molecule has 0 aliphatic heterocycles. The molecule has 0 spiro atoms. The van der Waals surface area contributed by atoms with Gasteiger partial charge in [0, 0.05) is 11.6 Å². The second kappa shape index (κ2) is 13.3. The maximum atomic E-state index is 12.6. The van der Waals surface area contributed by atoms with Gasteiger partial charge in [-0.2, -0.15) is 0 Å². The van der Waals surface area contributed by atoms with Crippen LogP contribution in [0.4, 0.5) is 0 Å². The van der Waals surface area contributed by atoms with E-state index >= 15 is 0 Å². The van der Waals surface area contributed by atoms with E-state index in [0.717, 1.165) is 35.1 Å². The summed E-state index contributed by atoms with van der Waals surface area (Å²) >= 11 is 1.43. The van der Waals surface area contributed by atoms with Gasteiger partial charge in [0.1, 0.15) is 0 Å². The van der Waals surface area contributed by atoms with Crippen molar-refractivity contribution >= 4 is 11.8 Å². The van der Waals surface area contributed by atoms with Crippen LogP contribution >= 0.6 is 11.8 Å². The zero-order valence-electron chi connectivity index (χ0n) is 20.1. The number of benzene rings is 1. The van der Waals surface area contributed by atoms with E-state index in [1.807, 2.05) is 59.1 Å². The Kier molecular flexibility index (Phi) is 11.5. The average Bonchev–Trinajstić information content (AvgIpc) is 3.05. The molecule has 6 heteroatoms. The summed E-state index contributed by atoms with van der Waals surface area (Å²) in [5, 5.41) is 0. The Morgan fingerprint density at radius 1 is 1.06 bits per heavy atom. The molecule has 1 atom stereocenters. The molecule has 2 N–H and O–H groups in total. The first-order chi connectivity index (χ1) is 15.0. The second-order valence-corrected chi connectivity index (χ2v) is 7.18. The largest absolute Gasteiger partial charge is 0.492 e. The lowest BCUT2D eigenvalue weighted by Gasteiger charge is -2.19. The summed E-state index contributed by atoms with van der Waals surface area (Å²) in [5.74, 6) is 1.82. The van der Waals surface area contributed by atoms with Crippen molar-refractivity contribution in [1.82, 2.24) is 0 Å². The monoisotopic (exact) mass is 447 g/mol. The molecule has 1 unspecified atom stereocenters. The standard InChI is InChI=1S/C21H25NO4S.2C2H6/c1-5-26-17-10-12-6-8-15(22)14-11-16(23)18(27-4)9-7-13(14)19(12)21(25-3)20(17)24-2;2*1-2/h7,9-11,15H,5-6,8,22H2,1-4H3;2*1-2H3. The topological polar surface area (TPSA) is 70.8 Å². The normalized spacial score (nSPS) is 13.8. The minimum Gasteiger partial charge on any atom is -0.492 e. The Bertz CT molecular complexity index is 915. The molecule has 2 aromatic rings. The fourth-order valence-electron chi connectivity index (χ4n) is 3.61. The molecule has 31 heavy (non-hydrogen) atoms. The number of aryl methyl sites for hydroxylation is 1. The molecule has 172 valence electrons. The predicted octanol–water partition coefficient (Wildman–Crippen LogP) is 5.85. The Hall–Kier alpha value is -2.18. The van der Waals surface area contributed by atoms with E-state index in [0.29, 0.717) is 28.8 Å². The SMILES string of the molecule is CC.CC.CCOc1cc2c(c(OC)c1OC)-c1ccc(SC)c(=O)cc1C(N)CC2. The lowest BCUT2D eigenvalue weighted by molar-refractivity contribution is 0.296. The maximum absolute atomic E-state index is 12.6. The Labute approximate surface area is 191 Å². The van der Waals surface area contributed by atoms with Crippen molar-refractivity contribution in [3.8, 4) is 28.4 Å².